The van der Waals surface area contributed by atoms with Gasteiger partial charge in [-0.1, -0.05) is 0 Å². The molecular formula is C7H5N3O2. The molecule has 0 spiro atoms. The fraction of sp³-hybridized carbons (Fsp3) is 0. The number of rotatable bonds is 1. The highest BCUT2D eigenvalue weighted by Gasteiger charge is 2.03. The first-order valence-electron chi connectivity index (χ1n) is 3.32. The van der Waals surface area contributed by atoms with Crippen LogP contribution in [0.3, 0.4) is 0 Å². The van der Waals surface area contributed by atoms with Crippen LogP contribution >= 0.6 is 0 Å². The number of hydrogen-bond acceptors (Lipinski definition) is 4. The number of nitrogens with zero attached hydrogens (tertiary/aromatic N) is 2. The Kier molecular flexibility index (Phi) is 1.48. The quantitative estimate of drug-likeness (QED) is 0.661. The second-order valence-corrected chi connectivity index (χ2v) is 2.11. The molecule has 0 aromatic carbocycles. The predicted molar refractivity (Wildman–Crippen MR) is 40.4 cm³/mol. The van der Waals surface area contributed by atoms with Gasteiger partial charge in [0.2, 0.25) is 0 Å². The van der Waals surface area contributed by atoms with Crippen LogP contribution in [0.1, 0.15) is 0 Å². The van der Waals surface area contributed by atoms with Crippen molar-refractivity contribution < 1.29 is 4.42 Å². The zero-order valence-corrected chi connectivity index (χ0v) is 6.02. The van der Waals surface area contributed by atoms with Gasteiger partial charge in [-0.3, -0.25) is 4.79 Å². The molecule has 5 nitrogen and oxygen atoms in total. The maximum atomic E-state index is 10.8. The summed E-state index contributed by atoms with van der Waals surface area (Å²) in [4.78, 5) is 21.0. The maximum absolute atomic E-state index is 10.8. The maximum Gasteiger partial charge on any atom is 0.276 e. The van der Waals surface area contributed by atoms with Crippen LogP contribution in [0, 0.1) is 0 Å². The summed E-state index contributed by atoms with van der Waals surface area (Å²) in [7, 11) is 0. The summed E-state index contributed by atoms with van der Waals surface area (Å²) in [6.45, 7) is 0. The van der Waals surface area contributed by atoms with Crippen molar-refractivity contribution in [2.75, 3.05) is 0 Å². The van der Waals surface area contributed by atoms with Crippen LogP contribution in [0.15, 0.2) is 33.9 Å². The third kappa shape index (κ3) is 1.12. The third-order valence-electron chi connectivity index (χ3n) is 1.30. The van der Waals surface area contributed by atoms with Gasteiger partial charge < -0.3 is 9.40 Å². The SMILES string of the molecule is O=c1ccoc(-c2ncc[nH]2)n1. The van der Waals surface area contributed by atoms with E-state index in [2.05, 4.69) is 15.0 Å². The van der Waals surface area contributed by atoms with Crippen molar-refractivity contribution in [2.45, 2.75) is 0 Å². The smallest absolute Gasteiger partial charge is 0.276 e. The fourth-order valence-corrected chi connectivity index (χ4v) is 0.811. The van der Waals surface area contributed by atoms with E-state index in [9.17, 15) is 4.79 Å². The van der Waals surface area contributed by atoms with Gasteiger partial charge in [0.25, 0.3) is 11.4 Å². The van der Waals surface area contributed by atoms with E-state index in [0.717, 1.165) is 0 Å². The van der Waals surface area contributed by atoms with Crippen molar-refractivity contribution in [3.63, 3.8) is 0 Å². The first-order chi connectivity index (χ1) is 5.86. The Morgan fingerprint density at radius 1 is 1.50 bits per heavy atom. The molecule has 5 heteroatoms. The van der Waals surface area contributed by atoms with E-state index in [1.165, 1.54) is 12.3 Å². The van der Waals surface area contributed by atoms with Crippen molar-refractivity contribution >= 4 is 0 Å². The Hall–Kier alpha value is -1.91. The van der Waals surface area contributed by atoms with Gasteiger partial charge in [0.15, 0.2) is 5.82 Å². The van der Waals surface area contributed by atoms with E-state index in [1.54, 1.807) is 12.4 Å². The zero-order chi connectivity index (χ0) is 8.39. The van der Waals surface area contributed by atoms with Crippen LogP contribution in [-0.4, -0.2) is 15.0 Å². The topological polar surface area (TPSA) is 71.8 Å². The summed E-state index contributed by atoms with van der Waals surface area (Å²) >= 11 is 0. The number of H-pyrrole nitrogens is 1. The lowest BCUT2D eigenvalue weighted by molar-refractivity contribution is 0.537. The van der Waals surface area contributed by atoms with Gasteiger partial charge in [-0.25, -0.2) is 4.98 Å². The Bertz CT molecular complexity index is 418. The Balaban J connectivity index is 2.55. The molecule has 2 rings (SSSR count). The van der Waals surface area contributed by atoms with Crippen LogP contribution < -0.4 is 5.56 Å². The minimum absolute atomic E-state index is 0.201. The summed E-state index contributed by atoms with van der Waals surface area (Å²) in [5.74, 6) is 0.653. The third-order valence-corrected chi connectivity index (χ3v) is 1.30. The summed E-state index contributed by atoms with van der Waals surface area (Å²) in [5.41, 5.74) is -0.340. The first kappa shape index (κ1) is 6.78. The van der Waals surface area contributed by atoms with E-state index < -0.39 is 0 Å². The van der Waals surface area contributed by atoms with Crippen molar-refractivity contribution in [2.24, 2.45) is 0 Å². The molecule has 0 aliphatic rings. The molecule has 2 heterocycles. The van der Waals surface area contributed by atoms with Crippen molar-refractivity contribution in [3.05, 3.63) is 35.1 Å². The van der Waals surface area contributed by atoms with Gasteiger partial charge in [0.05, 0.1) is 6.26 Å². The summed E-state index contributed by atoms with van der Waals surface area (Å²) < 4.78 is 4.95. The minimum atomic E-state index is -0.340. The molecule has 0 saturated carbocycles. The lowest BCUT2D eigenvalue weighted by Crippen LogP contribution is -2.03. The highest BCUT2D eigenvalue weighted by Crippen LogP contribution is 2.06. The molecule has 60 valence electrons. The molecule has 0 saturated heterocycles. The van der Waals surface area contributed by atoms with Gasteiger partial charge in [-0.15, -0.1) is 0 Å². The number of nitrogens with one attached hydrogen (secondary N) is 1. The normalized spacial score (nSPS) is 10.0. The lowest BCUT2D eigenvalue weighted by Gasteiger charge is -1.90. The molecule has 2 aromatic rings. The number of imidazole rings is 1. The Morgan fingerprint density at radius 3 is 3.08 bits per heavy atom. The van der Waals surface area contributed by atoms with Crippen LogP contribution in [0.5, 0.6) is 0 Å². The molecule has 2 aromatic heterocycles. The van der Waals surface area contributed by atoms with E-state index >= 15 is 0 Å². The van der Waals surface area contributed by atoms with Crippen LogP contribution in [0.4, 0.5) is 0 Å². The van der Waals surface area contributed by atoms with Crippen molar-refractivity contribution in [1.82, 2.24) is 15.0 Å². The molecule has 0 unspecified atom stereocenters. The van der Waals surface area contributed by atoms with Gasteiger partial charge in [-0.05, 0) is 0 Å². The van der Waals surface area contributed by atoms with E-state index in [0.29, 0.717) is 5.82 Å². The molecule has 0 amide bonds. The Morgan fingerprint density at radius 2 is 2.42 bits per heavy atom. The largest absolute Gasteiger partial charge is 0.444 e. The monoisotopic (exact) mass is 163 g/mol. The summed E-state index contributed by atoms with van der Waals surface area (Å²) in [5, 5.41) is 0. The van der Waals surface area contributed by atoms with Gasteiger partial charge in [0.1, 0.15) is 0 Å². The van der Waals surface area contributed by atoms with E-state index in [-0.39, 0.29) is 11.4 Å². The second kappa shape index (κ2) is 2.61. The Labute approximate surface area is 67.1 Å². The number of hydrogen-bond donors (Lipinski definition) is 1. The molecule has 1 N–H and O–H groups in total. The highest BCUT2D eigenvalue weighted by atomic mass is 16.3. The summed E-state index contributed by atoms with van der Waals surface area (Å²) in [6.07, 6.45) is 4.47. The molecule has 0 fully saturated rings. The summed E-state index contributed by atoms with van der Waals surface area (Å²) in [6, 6.07) is 1.24. The zero-order valence-electron chi connectivity index (χ0n) is 6.02. The molecule has 0 aliphatic carbocycles. The molecule has 0 aliphatic heterocycles. The van der Waals surface area contributed by atoms with Gasteiger partial charge in [0, 0.05) is 18.5 Å². The lowest BCUT2D eigenvalue weighted by atomic mass is 10.6. The fourth-order valence-electron chi connectivity index (χ4n) is 0.811. The standard InChI is InChI=1S/C7H5N3O2/c11-5-1-4-12-7(10-5)6-8-2-3-9-6/h1-4H,(H,8,9). The molecule has 12 heavy (non-hydrogen) atoms. The predicted octanol–water partition coefficient (Wildman–Crippen LogP) is 0.425. The molecule has 0 atom stereocenters. The highest BCUT2D eigenvalue weighted by molar-refractivity contribution is 5.38. The number of aromatic amines is 1. The van der Waals surface area contributed by atoms with Crippen LogP contribution in [0.2, 0.25) is 0 Å². The number of aromatic nitrogens is 3. The molecule has 0 radical (unpaired) electrons. The van der Waals surface area contributed by atoms with Crippen molar-refractivity contribution in [3.8, 4) is 11.7 Å². The van der Waals surface area contributed by atoms with Crippen molar-refractivity contribution in [1.29, 1.82) is 0 Å². The second-order valence-electron chi connectivity index (χ2n) is 2.11. The average molecular weight is 163 g/mol. The van der Waals surface area contributed by atoms with Crippen LogP contribution in [0.25, 0.3) is 11.7 Å². The molecular weight excluding hydrogens is 158 g/mol. The average Bonchev–Trinajstić information content (AvgIpc) is 2.56. The minimum Gasteiger partial charge on any atom is -0.444 e. The first-order valence-corrected chi connectivity index (χ1v) is 3.32. The van der Waals surface area contributed by atoms with E-state index in [4.69, 9.17) is 4.42 Å². The van der Waals surface area contributed by atoms with Gasteiger partial charge >= 0.3 is 0 Å². The molecule has 0 bridgehead atoms. The van der Waals surface area contributed by atoms with Gasteiger partial charge in [-0.2, -0.15) is 4.98 Å². The van der Waals surface area contributed by atoms with Crippen LogP contribution in [-0.2, 0) is 0 Å². The van der Waals surface area contributed by atoms with E-state index in [1.807, 2.05) is 0 Å².